The molecule has 1 saturated heterocycles. The van der Waals surface area contributed by atoms with Gasteiger partial charge in [0.05, 0.1) is 25.4 Å². The van der Waals surface area contributed by atoms with Gasteiger partial charge < -0.3 is 9.84 Å². The fraction of sp³-hybridized carbons (Fsp3) is 0.538. The first-order valence-corrected chi connectivity index (χ1v) is 6.05. The number of hydrogen-bond donors (Lipinski definition) is 1. The first kappa shape index (κ1) is 13.4. The van der Waals surface area contributed by atoms with E-state index >= 15 is 0 Å². The normalized spacial score (nSPS) is 23.8. The van der Waals surface area contributed by atoms with E-state index in [1.807, 2.05) is 11.8 Å². The maximum atomic E-state index is 13.1. The summed E-state index contributed by atoms with van der Waals surface area (Å²) in [6.07, 6.45) is -0.518. The van der Waals surface area contributed by atoms with E-state index in [0.717, 1.165) is 6.07 Å². The molecule has 2 rings (SSSR count). The molecule has 0 radical (unpaired) electrons. The van der Waals surface area contributed by atoms with E-state index in [2.05, 4.69) is 0 Å². The van der Waals surface area contributed by atoms with Crippen LogP contribution in [0.4, 0.5) is 8.78 Å². The van der Waals surface area contributed by atoms with Crippen LogP contribution in [0.3, 0.4) is 0 Å². The van der Waals surface area contributed by atoms with Gasteiger partial charge in [-0.05, 0) is 24.2 Å². The Morgan fingerprint density at radius 2 is 2.11 bits per heavy atom. The number of hydrogen-bond acceptors (Lipinski definition) is 3. The molecule has 3 nitrogen and oxygen atoms in total. The van der Waals surface area contributed by atoms with Crippen LogP contribution in [0, 0.1) is 11.6 Å². The van der Waals surface area contributed by atoms with Crippen LogP contribution in [-0.2, 0) is 11.3 Å². The van der Waals surface area contributed by atoms with Gasteiger partial charge in [0.15, 0.2) is 11.6 Å². The topological polar surface area (TPSA) is 32.7 Å². The molecule has 1 fully saturated rings. The fourth-order valence-electron chi connectivity index (χ4n) is 2.22. The molecule has 1 aromatic carbocycles. The highest BCUT2D eigenvalue weighted by atomic mass is 19.2. The van der Waals surface area contributed by atoms with Crippen molar-refractivity contribution in [3.63, 3.8) is 0 Å². The Balaban J connectivity index is 2.07. The first-order chi connectivity index (χ1) is 8.61. The molecule has 100 valence electrons. The molecule has 18 heavy (non-hydrogen) atoms. The molecule has 0 aliphatic carbocycles. The second-order valence-corrected chi connectivity index (χ2v) is 4.48. The van der Waals surface area contributed by atoms with Crippen LogP contribution in [0.5, 0.6) is 0 Å². The Bertz CT molecular complexity index is 414. The van der Waals surface area contributed by atoms with Gasteiger partial charge in [0.1, 0.15) is 0 Å². The molecule has 5 heteroatoms. The van der Waals surface area contributed by atoms with E-state index in [9.17, 15) is 13.9 Å². The second-order valence-electron chi connectivity index (χ2n) is 4.48. The molecule has 1 aliphatic rings. The van der Waals surface area contributed by atoms with Crippen LogP contribution in [0.25, 0.3) is 0 Å². The maximum Gasteiger partial charge on any atom is 0.159 e. The average molecular weight is 257 g/mol. The van der Waals surface area contributed by atoms with Crippen LogP contribution in [0.2, 0.25) is 0 Å². The Morgan fingerprint density at radius 1 is 1.33 bits per heavy atom. The van der Waals surface area contributed by atoms with Crippen molar-refractivity contribution in [1.29, 1.82) is 0 Å². The van der Waals surface area contributed by atoms with E-state index in [-0.39, 0.29) is 6.04 Å². The highest BCUT2D eigenvalue weighted by Crippen LogP contribution is 2.17. The summed E-state index contributed by atoms with van der Waals surface area (Å²) in [7, 11) is 0. The number of aliphatic hydroxyl groups excluding tert-OH is 1. The zero-order valence-electron chi connectivity index (χ0n) is 10.3. The summed E-state index contributed by atoms with van der Waals surface area (Å²) in [6, 6.07) is 3.80. The molecular weight excluding hydrogens is 240 g/mol. The lowest BCUT2D eigenvalue weighted by molar-refractivity contribution is 0.0807. The Hall–Kier alpha value is -1.04. The molecule has 0 aromatic heterocycles. The van der Waals surface area contributed by atoms with Gasteiger partial charge >= 0.3 is 0 Å². The first-order valence-electron chi connectivity index (χ1n) is 6.05. The van der Waals surface area contributed by atoms with Gasteiger partial charge in [-0.25, -0.2) is 8.78 Å². The smallest absolute Gasteiger partial charge is 0.159 e. The number of rotatable bonds is 4. The summed E-state index contributed by atoms with van der Waals surface area (Å²) in [6.45, 7) is 3.95. The van der Waals surface area contributed by atoms with Crippen molar-refractivity contribution in [2.24, 2.45) is 0 Å². The van der Waals surface area contributed by atoms with E-state index in [1.165, 1.54) is 6.07 Å². The molecular formula is C13H17F2NO2. The number of ether oxygens (including phenoxy) is 1. The summed E-state index contributed by atoms with van der Waals surface area (Å²) < 4.78 is 31.2. The summed E-state index contributed by atoms with van der Waals surface area (Å²) >= 11 is 0. The van der Waals surface area contributed by atoms with Crippen molar-refractivity contribution >= 4 is 0 Å². The van der Waals surface area contributed by atoms with Gasteiger partial charge in [-0.2, -0.15) is 0 Å². The third kappa shape index (κ3) is 2.85. The molecule has 0 amide bonds. The van der Waals surface area contributed by atoms with Crippen molar-refractivity contribution in [3.05, 3.63) is 35.4 Å². The van der Waals surface area contributed by atoms with Crippen molar-refractivity contribution in [1.82, 2.24) is 4.90 Å². The van der Waals surface area contributed by atoms with Gasteiger partial charge in [-0.1, -0.05) is 13.0 Å². The lowest BCUT2D eigenvalue weighted by atomic mass is 10.1. The molecule has 1 aromatic rings. The lowest BCUT2D eigenvalue weighted by Crippen LogP contribution is -2.42. The molecule has 0 unspecified atom stereocenters. The Labute approximate surface area is 105 Å². The van der Waals surface area contributed by atoms with Gasteiger partial charge in [-0.3, -0.25) is 4.90 Å². The van der Waals surface area contributed by atoms with E-state index in [1.54, 1.807) is 6.07 Å². The molecule has 0 spiro atoms. The summed E-state index contributed by atoms with van der Waals surface area (Å²) in [5, 5.41) is 9.77. The summed E-state index contributed by atoms with van der Waals surface area (Å²) in [5.74, 6) is -1.68. The van der Waals surface area contributed by atoms with Crippen LogP contribution in [0.1, 0.15) is 12.5 Å². The maximum absolute atomic E-state index is 13.1. The number of halogens is 2. The number of aliphatic hydroxyl groups is 1. The molecule has 1 heterocycles. The van der Waals surface area contributed by atoms with Crippen LogP contribution in [0.15, 0.2) is 18.2 Å². The summed E-state index contributed by atoms with van der Waals surface area (Å²) in [5.41, 5.74) is 0.690. The van der Waals surface area contributed by atoms with E-state index < -0.39 is 17.7 Å². The Morgan fingerprint density at radius 3 is 2.67 bits per heavy atom. The quantitative estimate of drug-likeness (QED) is 0.888. The Kier molecular flexibility index (Phi) is 4.27. The molecule has 2 atom stereocenters. The van der Waals surface area contributed by atoms with Gasteiger partial charge in [-0.15, -0.1) is 0 Å². The predicted octanol–water partition coefficient (Wildman–Crippen LogP) is 1.55. The lowest BCUT2D eigenvalue weighted by Gasteiger charge is -2.28. The molecule has 0 saturated carbocycles. The van der Waals surface area contributed by atoms with Gasteiger partial charge in [0.2, 0.25) is 0 Å². The predicted molar refractivity (Wildman–Crippen MR) is 63.1 cm³/mol. The van der Waals surface area contributed by atoms with Gasteiger partial charge in [0.25, 0.3) is 0 Å². The van der Waals surface area contributed by atoms with E-state index in [4.69, 9.17) is 4.74 Å². The average Bonchev–Trinajstić information content (AvgIpc) is 2.77. The van der Waals surface area contributed by atoms with Crippen LogP contribution < -0.4 is 0 Å². The zero-order valence-corrected chi connectivity index (χ0v) is 10.3. The standard InChI is InChI=1S/C13H17F2NO2/c1-2-16(12-7-18-8-13(12)17)6-9-3-4-10(14)11(15)5-9/h3-5,12-13,17H,2,6-8H2,1H3/t12-,13-/m1/s1. The third-order valence-corrected chi connectivity index (χ3v) is 3.27. The number of benzene rings is 1. The van der Waals surface area contributed by atoms with Crippen molar-refractivity contribution in [2.45, 2.75) is 25.6 Å². The third-order valence-electron chi connectivity index (χ3n) is 3.27. The highest BCUT2D eigenvalue weighted by molar-refractivity contribution is 5.17. The van der Waals surface area contributed by atoms with Crippen molar-refractivity contribution < 1.29 is 18.6 Å². The monoisotopic (exact) mass is 257 g/mol. The zero-order chi connectivity index (χ0) is 13.1. The van der Waals surface area contributed by atoms with Crippen molar-refractivity contribution in [3.8, 4) is 0 Å². The minimum Gasteiger partial charge on any atom is -0.389 e. The van der Waals surface area contributed by atoms with Crippen molar-refractivity contribution in [2.75, 3.05) is 19.8 Å². The fourth-order valence-corrected chi connectivity index (χ4v) is 2.22. The SMILES string of the molecule is CCN(Cc1ccc(F)c(F)c1)[C@@H]1COC[C@H]1O. The molecule has 1 N–H and O–H groups in total. The minimum absolute atomic E-state index is 0.0804. The second kappa shape index (κ2) is 5.73. The largest absolute Gasteiger partial charge is 0.389 e. The number of likely N-dealkylation sites (N-methyl/N-ethyl adjacent to an activating group) is 1. The van der Waals surface area contributed by atoms with Crippen LogP contribution >= 0.6 is 0 Å². The van der Waals surface area contributed by atoms with Crippen LogP contribution in [-0.4, -0.2) is 41.9 Å². The van der Waals surface area contributed by atoms with E-state index in [0.29, 0.717) is 31.9 Å². The number of nitrogens with zero attached hydrogens (tertiary/aromatic N) is 1. The molecule has 0 bridgehead atoms. The van der Waals surface area contributed by atoms with Gasteiger partial charge in [0, 0.05) is 6.54 Å². The summed E-state index contributed by atoms with van der Waals surface area (Å²) in [4.78, 5) is 2.00. The molecule has 1 aliphatic heterocycles. The minimum atomic E-state index is -0.842. The highest BCUT2D eigenvalue weighted by Gasteiger charge is 2.30.